The fourth-order valence-corrected chi connectivity index (χ4v) is 3.10. The SMILES string of the molecule is CCN(CC)c1nc(NCCc2ccc(OC)cc2)nc(N2CCOCC2)n1. The predicted octanol–water partition coefficient (Wildman–Crippen LogP) is 2.22. The largest absolute Gasteiger partial charge is 0.497 e. The van der Waals surface area contributed by atoms with Gasteiger partial charge in [0.1, 0.15) is 5.75 Å². The lowest BCUT2D eigenvalue weighted by molar-refractivity contribution is 0.122. The van der Waals surface area contributed by atoms with Crippen LogP contribution in [0.3, 0.4) is 0 Å². The molecule has 0 amide bonds. The van der Waals surface area contributed by atoms with Crippen molar-refractivity contribution < 1.29 is 9.47 Å². The number of benzene rings is 1. The normalized spacial score (nSPS) is 14.0. The van der Waals surface area contributed by atoms with E-state index in [1.165, 1.54) is 5.56 Å². The molecule has 1 aromatic carbocycles. The lowest BCUT2D eigenvalue weighted by Crippen LogP contribution is -2.38. The van der Waals surface area contributed by atoms with Crippen molar-refractivity contribution in [2.75, 3.05) is 68.2 Å². The fraction of sp³-hybridized carbons (Fsp3) is 0.550. The third kappa shape index (κ3) is 5.22. The molecule has 1 aromatic heterocycles. The summed E-state index contributed by atoms with van der Waals surface area (Å²) in [5, 5.41) is 3.37. The van der Waals surface area contributed by atoms with Gasteiger partial charge in [-0.25, -0.2) is 0 Å². The standard InChI is InChI=1S/C20H30N6O2/c1-4-25(5-2)19-22-18(23-20(24-19)26-12-14-28-15-13-26)21-11-10-16-6-8-17(27-3)9-7-16/h6-9H,4-5,10-15H2,1-3H3,(H,21,22,23,24). The molecule has 0 atom stereocenters. The Labute approximate surface area is 166 Å². The highest BCUT2D eigenvalue weighted by atomic mass is 16.5. The summed E-state index contributed by atoms with van der Waals surface area (Å²) in [6.45, 7) is 9.68. The molecule has 3 rings (SSSR count). The van der Waals surface area contributed by atoms with E-state index in [-0.39, 0.29) is 0 Å². The molecule has 1 fully saturated rings. The molecule has 28 heavy (non-hydrogen) atoms. The van der Waals surface area contributed by atoms with Crippen LogP contribution in [0.2, 0.25) is 0 Å². The zero-order chi connectivity index (χ0) is 19.8. The molecule has 8 heteroatoms. The van der Waals surface area contributed by atoms with Crippen molar-refractivity contribution in [1.29, 1.82) is 0 Å². The Morgan fingerprint density at radius 1 is 1.07 bits per heavy atom. The van der Waals surface area contributed by atoms with Crippen LogP contribution in [0.15, 0.2) is 24.3 Å². The Bertz CT molecular complexity index is 730. The number of hydrogen-bond acceptors (Lipinski definition) is 8. The predicted molar refractivity (Wildman–Crippen MR) is 112 cm³/mol. The highest BCUT2D eigenvalue weighted by molar-refractivity contribution is 5.45. The fourth-order valence-electron chi connectivity index (χ4n) is 3.10. The summed E-state index contributed by atoms with van der Waals surface area (Å²) in [7, 11) is 1.68. The number of methoxy groups -OCH3 is 1. The molecule has 1 aliphatic heterocycles. The monoisotopic (exact) mass is 386 g/mol. The van der Waals surface area contributed by atoms with E-state index in [0.717, 1.165) is 44.9 Å². The molecule has 0 radical (unpaired) electrons. The maximum Gasteiger partial charge on any atom is 0.232 e. The Balaban J connectivity index is 1.71. The van der Waals surface area contributed by atoms with E-state index in [1.54, 1.807) is 7.11 Å². The van der Waals surface area contributed by atoms with E-state index in [9.17, 15) is 0 Å². The molecule has 1 aliphatic rings. The van der Waals surface area contributed by atoms with Gasteiger partial charge in [-0.3, -0.25) is 0 Å². The van der Waals surface area contributed by atoms with Gasteiger partial charge < -0.3 is 24.6 Å². The van der Waals surface area contributed by atoms with Crippen molar-refractivity contribution in [3.8, 4) is 5.75 Å². The van der Waals surface area contributed by atoms with E-state index < -0.39 is 0 Å². The van der Waals surface area contributed by atoms with Crippen molar-refractivity contribution in [1.82, 2.24) is 15.0 Å². The Kier molecular flexibility index (Phi) is 7.25. The number of rotatable bonds is 9. The van der Waals surface area contributed by atoms with Gasteiger partial charge in [0.2, 0.25) is 17.8 Å². The lowest BCUT2D eigenvalue weighted by Gasteiger charge is -2.28. The van der Waals surface area contributed by atoms with Gasteiger partial charge in [0.05, 0.1) is 20.3 Å². The number of hydrogen-bond donors (Lipinski definition) is 1. The van der Waals surface area contributed by atoms with Crippen molar-refractivity contribution in [3.05, 3.63) is 29.8 Å². The lowest BCUT2D eigenvalue weighted by atomic mass is 10.1. The number of nitrogens with zero attached hydrogens (tertiary/aromatic N) is 5. The zero-order valence-electron chi connectivity index (χ0n) is 17.0. The van der Waals surface area contributed by atoms with Gasteiger partial charge in [-0.2, -0.15) is 15.0 Å². The second-order valence-corrected chi connectivity index (χ2v) is 6.56. The molecule has 0 spiro atoms. The van der Waals surface area contributed by atoms with Gasteiger partial charge in [-0.15, -0.1) is 0 Å². The van der Waals surface area contributed by atoms with Gasteiger partial charge in [-0.05, 0) is 38.0 Å². The molecular formula is C20H30N6O2. The van der Waals surface area contributed by atoms with Crippen LogP contribution in [-0.4, -0.2) is 68.0 Å². The third-order valence-electron chi connectivity index (χ3n) is 4.81. The highest BCUT2D eigenvalue weighted by Gasteiger charge is 2.18. The van der Waals surface area contributed by atoms with Gasteiger partial charge >= 0.3 is 0 Å². The van der Waals surface area contributed by atoms with E-state index in [0.29, 0.717) is 31.1 Å². The summed E-state index contributed by atoms with van der Waals surface area (Å²) >= 11 is 0. The second-order valence-electron chi connectivity index (χ2n) is 6.56. The first-order valence-corrected chi connectivity index (χ1v) is 9.94. The highest BCUT2D eigenvalue weighted by Crippen LogP contribution is 2.18. The molecule has 0 aliphatic carbocycles. The minimum Gasteiger partial charge on any atom is -0.497 e. The van der Waals surface area contributed by atoms with Gasteiger partial charge in [0, 0.05) is 32.7 Å². The number of nitrogens with one attached hydrogen (secondary N) is 1. The van der Waals surface area contributed by atoms with Crippen LogP contribution in [0.4, 0.5) is 17.8 Å². The van der Waals surface area contributed by atoms with Gasteiger partial charge in [0.25, 0.3) is 0 Å². The van der Waals surface area contributed by atoms with Crippen LogP contribution in [0, 0.1) is 0 Å². The zero-order valence-corrected chi connectivity index (χ0v) is 17.0. The number of ether oxygens (including phenoxy) is 2. The summed E-state index contributed by atoms with van der Waals surface area (Å²) in [6, 6.07) is 8.11. The maximum atomic E-state index is 5.45. The smallest absolute Gasteiger partial charge is 0.232 e. The van der Waals surface area contributed by atoms with Gasteiger partial charge in [-0.1, -0.05) is 12.1 Å². The summed E-state index contributed by atoms with van der Waals surface area (Å²) < 4.78 is 10.7. The van der Waals surface area contributed by atoms with E-state index in [2.05, 4.69) is 51.1 Å². The number of anilines is 3. The van der Waals surface area contributed by atoms with Crippen LogP contribution >= 0.6 is 0 Å². The molecule has 1 saturated heterocycles. The van der Waals surface area contributed by atoms with Crippen LogP contribution in [0.1, 0.15) is 19.4 Å². The summed E-state index contributed by atoms with van der Waals surface area (Å²) in [5.74, 6) is 2.92. The van der Waals surface area contributed by atoms with Gasteiger partial charge in [0.15, 0.2) is 0 Å². The molecule has 8 nitrogen and oxygen atoms in total. The molecule has 0 saturated carbocycles. The molecule has 2 aromatic rings. The molecule has 152 valence electrons. The third-order valence-corrected chi connectivity index (χ3v) is 4.81. The Hall–Kier alpha value is -2.61. The average Bonchev–Trinajstić information content (AvgIpc) is 2.76. The maximum absolute atomic E-state index is 5.45. The number of aromatic nitrogens is 3. The van der Waals surface area contributed by atoms with E-state index in [4.69, 9.17) is 14.5 Å². The average molecular weight is 387 g/mol. The molecule has 0 unspecified atom stereocenters. The first-order chi connectivity index (χ1) is 13.7. The molecule has 1 N–H and O–H groups in total. The van der Waals surface area contributed by atoms with E-state index in [1.807, 2.05) is 12.1 Å². The van der Waals surface area contributed by atoms with Crippen LogP contribution in [-0.2, 0) is 11.2 Å². The second kappa shape index (κ2) is 10.1. The molecule has 0 bridgehead atoms. The summed E-state index contributed by atoms with van der Waals surface area (Å²) in [6.07, 6.45) is 0.878. The van der Waals surface area contributed by atoms with Crippen molar-refractivity contribution in [3.63, 3.8) is 0 Å². The first-order valence-electron chi connectivity index (χ1n) is 9.94. The van der Waals surface area contributed by atoms with Crippen molar-refractivity contribution in [2.45, 2.75) is 20.3 Å². The van der Waals surface area contributed by atoms with Crippen molar-refractivity contribution in [2.24, 2.45) is 0 Å². The van der Waals surface area contributed by atoms with Crippen LogP contribution in [0.5, 0.6) is 5.75 Å². The summed E-state index contributed by atoms with van der Waals surface area (Å²) in [4.78, 5) is 18.3. The number of morpholine rings is 1. The molecule has 2 heterocycles. The van der Waals surface area contributed by atoms with Crippen LogP contribution < -0.4 is 19.9 Å². The Morgan fingerprint density at radius 3 is 2.43 bits per heavy atom. The Morgan fingerprint density at radius 2 is 1.79 bits per heavy atom. The topological polar surface area (TPSA) is 75.6 Å². The van der Waals surface area contributed by atoms with Crippen molar-refractivity contribution >= 4 is 17.8 Å². The minimum absolute atomic E-state index is 0.618. The summed E-state index contributed by atoms with van der Waals surface area (Å²) in [5.41, 5.74) is 1.24. The quantitative estimate of drug-likeness (QED) is 0.703. The van der Waals surface area contributed by atoms with Crippen LogP contribution in [0.25, 0.3) is 0 Å². The minimum atomic E-state index is 0.618. The first kappa shape index (κ1) is 20.1. The molecular weight excluding hydrogens is 356 g/mol. The van der Waals surface area contributed by atoms with E-state index >= 15 is 0 Å².